The molecule has 0 spiro atoms. The number of halogens is 1. The third kappa shape index (κ3) is 4.75. The summed E-state index contributed by atoms with van der Waals surface area (Å²) in [6, 6.07) is 10.1. The molecule has 1 aliphatic rings. The molecule has 1 amide bonds. The van der Waals surface area contributed by atoms with Crippen LogP contribution in [-0.2, 0) is 14.8 Å². The maximum atomic E-state index is 13.0. The number of hydrogen-bond acceptors (Lipinski definition) is 5. The number of aromatic nitrogens is 1. The fourth-order valence-corrected chi connectivity index (χ4v) is 4.29. The average molecular weight is 390 g/mol. The summed E-state index contributed by atoms with van der Waals surface area (Å²) in [4.78, 5) is 16.3. The number of rotatable bonds is 5. The summed E-state index contributed by atoms with van der Waals surface area (Å²) in [5.41, 5.74) is 3.10. The van der Waals surface area contributed by atoms with Crippen LogP contribution in [0.1, 0.15) is 18.5 Å². The molecule has 1 saturated heterocycles. The highest BCUT2D eigenvalue weighted by molar-refractivity contribution is 7.89. The molecule has 1 N–H and O–H groups in total. The second kappa shape index (κ2) is 8.36. The Balaban J connectivity index is 1.54. The van der Waals surface area contributed by atoms with Gasteiger partial charge in [-0.1, -0.05) is 6.07 Å². The Bertz CT molecular complexity index is 909. The number of pyridine rings is 1. The van der Waals surface area contributed by atoms with Gasteiger partial charge < -0.3 is 0 Å². The third-order valence-electron chi connectivity index (χ3n) is 4.34. The zero-order chi connectivity index (χ0) is 19.3. The lowest BCUT2D eigenvalue weighted by atomic mass is 9.98. The smallest absolute Gasteiger partial charge is 0.243 e. The number of amides is 1. The Kier molecular flexibility index (Phi) is 5.92. The minimum absolute atomic E-state index is 0.0479. The summed E-state index contributed by atoms with van der Waals surface area (Å²) in [5, 5.41) is 3.89. The van der Waals surface area contributed by atoms with Crippen molar-refractivity contribution >= 4 is 22.1 Å². The summed E-state index contributed by atoms with van der Waals surface area (Å²) in [5.74, 6) is -1.05. The first kappa shape index (κ1) is 19.1. The highest BCUT2D eigenvalue weighted by Gasteiger charge is 2.32. The van der Waals surface area contributed by atoms with E-state index >= 15 is 0 Å². The fourth-order valence-electron chi connectivity index (χ4n) is 2.82. The molecule has 2 aromatic rings. The van der Waals surface area contributed by atoms with Crippen LogP contribution in [0.25, 0.3) is 0 Å². The number of nitrogens with one attached hydrogen (secondary N) is 1. The van der Waals surface area contributed by atoms with Crippen molar-refractivity contribution in [1.82, 2.24) is 14.7 Å². The Morgan fingerprint density at radius 3 is 2.52 bits per heavy atom. The second-order valence-corrected chi connectivity index (χ2v) is 8.06. The molecule has 2 heterocycles. The first-order valence-corrected chi connectivity index (χ1v) is 9.90. The van der Waals surface area contributed by atoms with Crippen molar-refractivity contribution in [2.24, 2.45) is 11.0 Å². The van der Waals surface area contributed by atoms with Crippen LogP contribution in [0.2, 0.25) is 0 Å². The number of sulfonamides is 1. The van der Waals surface area contributed by atoms with Gasteiger partial charge in [0.15, 0.2) is 0 Å². The monoisotopic (exact) mass is 390 g/mol. The van der Waals surface area contributed by atoms with Gasteiger partial charge in [-0.25, -0.2) is 18.2 Å². The van der Waals surface area contributed by atoms with Gasteiger partial charge in [-0.15, -0.1) is 0 Å². The molecule has 0 radical (unpaired) electrons. The number of piperidine rings is 1. The quantitative estimate of drug-likeness (QED) is 0.622. The zero-order valence-electron chi connectivity index (χ0n) is 14.5. The molecule has 0 aliphatic carbocycles. The van der Waals surface area contributed by atoms with Crippen molar-refractivity contribution in [2.45, 2.75) is 17.7 Å². The molecule has 0 saturated carbocycles. The third-order valence-corrected chi connectivity index (χ3v) is 6.25. The van der Waals surface area contributed by atoms with Crippen molar-refractivity contribution < 1.29 is 17.6 Å². The van der Waals surface area contributed by atoms with Gasteiger partial charge in [0.25, 0.3) is 0 Å². The molecule has 1 aromatic carbocycles. The highest BCUT2D eigenvalue weighted by atomic mass is 32.2. The van der Waals surface area contributed by atoms with E-state index in [1.807, 2.05) is 6.07 Å². The first-order valence-electron chi connectivity index (χ1n) is 8.46. The summed E-state index contributed by atoms with van der Waals surface area (Å²) >= 11 is 0. The predicted molar refractivity (Wildman–Crippen MR) is 97.9 cm³/mol. The van der Waals surface area contributed by atoms with Gasteiger partial charge in [-0.05, 0) is 49.2 Å². The van der Waals surface area contributed by atoms with Gasteiger partial charge in [0.05, 0.1) is 16.8 Å². The molecule has 3 rings (SSSR count). The highest BCUT2D eigenvalue weighted by Crippen LogP contribution is 2.24. The van der Waals surface area contributed by atoms with Crippen LogP contribution in [-0.4, -0.2) is 42.9 Å². The van der Waals surface area contributed by atoms with Crippen LogP contribution in [0.4, 0.5) is 4.39 Å². The molecule has 0 bridgehead atoms. The Morgan fingerprint density at radius 2 is 1.89 bits per heavy atom. The molecule has 1 fully saturated rings. The molecule has 0 unspecified atom stereocenters. The minimum atomic E-state index is -3.68. The minimum Gasteiger partial charge on any atom is -0.273 e. The van der Waals surface area contributed by atoms with Gasteiger partial charge in [0.1, 0.15) is 5.82 Å². The van der Waals surface area contributed by atoms with Crippen molar-refractivity contribution in [2.75, 3.05) is 13.1 Å². The van der Waals surface area contributed by atoms with E-state index in [9.17, 15) is 17.6 Å². The van der Waals surface area contributed by atoms with Gasteiger partial charge in [-0.3, -0.25) is 9.78 Å². The van der Waals surface area contributed by atoms with Crippen LogP contribution < -0.4 is 5.43 Å². The van der Waals surface area contributed by atoms with E-state index in [1.165, 1.54) is 22.7 Å². The van der Waals surface area contributed by atoms with Crippen molar-refractivity contribution in [1.29, 1.82) is 0 Å². The molecule has 7 nitrogen and oxygen atoms in total. The zero-order valence-corrected chi connectivity index (χ0v) is 15.3. The molecule has 142 valence electrons. The van der Waals surface area contributed by atoms with Crippen LogP contribution in [0.15, 0.2) is 58.7 Å². The standard InChI is InChI=1S/C18H19FN4O3S/c19-15-4-6-17(7-5-15)27(25,26)23-11-8-14(9-12-23)18(24)22-21-13-16-3-1-2-10-20-16/h1-7,10,13-14H,8-9,11-12H2,(H,22,24)/b21-13-. The lowest BCUT2D eigenvalue weighted by Gasteiger charge is -2.30. The van der Waals surface area contributed by atoms with Gasteiger partial charge >= 0.3 is 0 Å². The topological polar surface area (TPSA) is 91.7 Å². The van der Waals surface area contributed by atoms with E-state index in [0.717, 1.165) is 12.1 Å². The van der Waals surface area contributed by atoms with E-state index in [-0.39, 0.29) is 29.8 Å². The van der Waals surface area contributed by atoms with Crippen molar-refractivity contribution in [3.8, 4) is 0 Å². The molecule has 27 heavy (non-hydrogen) atoms. The van der Waals surface area contributed by atoms with Crippen molar-refractivity contribution in [3.05, 3.63) is 60.2 Å². The summed E-state index contributed by atoms with van der Waals surface area (Å²) < 4.78 is 39.5. The summed E-state index contributed by atoms with van der Waals surface area (Å²) in [6.45, 7) is 0.448. The maximum Gasteiger partial charge on any atom is 0.243 e. The normalized spacial score (nSPS) is 16.5. The SMILES string of the molecule is O=C(N/N=C\c1ccccn1)C1CCN(S(=O)(=O)c2ccc(F)cc2)CC1. The Morgan fingerprint density at radius 1 is 1.19 bits per heavy atom. The number of benzene rings is 1. The number of hydrogen-bond donors (Lipinski definition) is 1. The van der Waals surface area contributed by atoms with E-state index in [0.29, 0.717) is 18.5 Å². The summed E-state index contributed by atoms with van der Waals surface area (Å²) in [6.07, 6.45) is 3.86. The van der Waals surface area contributed by atoms with Crippen LogP contribution in [0.3, 0.4) is 0 Å². The van der Waals surface area contributed by atoms with Crippen LogP contribution >= 0.6 is 0 Å². The lowest BCUT2D eigenvalue weighted by molar-refractivity contribution is -0.126. The Labute approximate surface area is 157 Å². The van der Waals surface area contributed by atoms with E-state index in [4.69, 9.17) is 0 Å². The number of carbonyl (C=O) groups excluding carboxylic acids is 1. The molecule has 1 aromatic heterocycles. The number of nitrogens with zero attached hydrogens (tertiary/aromatic N) is 3. The second-order valence-electron chi connectivity index (χ2n) is 6.12. The Hall–Kier alpha value is -2.65. The predicted octanol–water partition coefficient (Wildman–Crippen LogP) is 1.77. The van der Waals surface area contributed by atoms with E-state index < -0.39 is 15.8 Å². The van der Waals surface area contributed by atoms with E-state index in [2.05, 4.69) is 15.5 Å². The van der Waals surface area contributed by atoms with Gasteiger partial charge in [-0.2, -0.15) is 9.41 Å². The van der Waals surface area contributed by atoms with Gasteiger partial charge in [0.2, 0.25) is 15.9 Å². The van der Waals surface area contributed by atoms with Gasteiger partial charge in [0, 0.05) is 25.2 Å². The molecular weight excluding hydrogens is 371 g/mol. The lowest BCUT2D eigenvalue weighted by Crippen LogP contribution is -2.42. The number of hydrazone groups is 1. The van der Waals surface area contributed by atoms with Crippen LogP contribution in [0.5, 0.6) is 0 Å². The number of carbonyl (C=O) groups is 1. The fraction of sp³-hybridized carbons (Fsp3) is 0.278. The van der Waals surface area contributed by atoms with Crippen molar-refractivity contribution in [3.63, 3.8) is 0 Å². The van der Waals surface area contributed by atoms with Crippen LogP contribution in [0, 0.1) is 11.7 Å². The largest absolute Gasteiger partial charge is 0.273 e. The molecular formula is C18H19FN4O3S. The molecule has 9 heteroatoms. The van der Waals surface area contributed by atoms with E-state index in [1.54, 1.807) is 18.3 Å². The summed E-state index contributed by atoms with van der Waals surface area (Å²) in [7, 11) is -3.68. The average Bonchev–Trinajstić information content (AvgIpc) is 2.69. The maximum absolute atomic E-state index is 13.0. The molecule has 0 atom stereocenters. The first-order chi connectivity index (χ1) is 13.0. The molecule has 1 aliphatic heterocycles.